The first kappa shape index (κ1) is 13.9. The van der Waals surface area contributed by atoms with Gasteiger partial charge >= 0.3 is 5.97 Å². The fourth-order valence-corrected chi connectivity index (χ4v) is 2.04. The molecule has 2 aromatic heterocycles. The molecule has 6 nitrogen and oxygen atoms in total. The van der Waals surface area contributed by atoms with Crippen LogP contribution in [0.5, 0.6) is 0 Å². The smallest absolute Gasteiger partial charge is 0.343 e. The first-order valence-corrected chi connectivity index (χ1v) is 6.10. The molecule has 0 aromatic carbocycles. The van der Waals surface area contributed by atoms with E-state index in [0.717, 1.165) is 17.0 Å². The van der Waals surface area contributed by atoms with Gasteiger partial charge in [-0.15, -0.1) is 0 Å². The zero-order valence-electron chi connectivity index (χ0n) is 11.9. The zero-order chi connectivity index (χ0) is 14.9. The Hall–Kier alpha value is -2.50. The number of aryl methyl sites for hydroxylation is 3. The topological polar surface area (TPSA) is 91.0 Å². The molecule has 0 aliphatic rings. The van der Waals surface area contributed by atoms with Gasteiger partial charge in [0.05, 0.1) is 12.8 Å². The van der Waals surface area contributed by atoms with Crippen molar-refractivity contribution in [3.8, 4) is 11.4 Å². The number of hydrogen-bond acceptors (Lipinski definition) is 6. The van der Waals surface area contributed by atoms with E-state index in [-0.39, 0.29) is 11.4 Å². The second kappa shape index (κ2) is 5.24. The van der Waals surface area contributed by atoms with Gasteiger partial charge in [0, 0.05) is 17.0 Å². The van der Waals surface area contributed by atoms with E-state index in [1.54, 1.807) is 6.92 Å². The van der Waals surface area contributed by atoms with E-state index < -0.39 is 5.97 Å². The molecular weight excluding hydrogens is 256 g/mol. The van der Waals surface area contributed by atoms with Crippen LogP contribution in [0.1, 0.15) is 27.4 Å². The van der Waals surface area contributed by atoms with Crippen LogP contribution in [0.4, 0.5) is 5.82 Å². The number of carbonyl (C=O) groups is 1. The Balaban J connectivity index is 2.57. The van der Waals surface area contributed by atoms with Gasteiger partial charge in [-0.05, 0) is 32.9 Å². The highest BCUT2D eigenvalue weighted by atomic mass is 16.5. The molecule has 0 saturated heterocycles. The van der Waals surface area contributed by atoms with Gasteiger partial charge in [-0.25, -0.2) is 14.8 Å². The predicted octanol–water partition coefficient (Wildman–Crippen LogP) is 1.83. The van der Waals surface area contributed by atoms with Gasteiger partial charge in [0.2, 0.25) is 0 Å². The number of methoxy groups -OCH3 is 1. The molecule has 0 atom stereocenters. The van der Waals surface area contributed by atoms with E-state index in [9.17, 15) is 4.79 Å². The minimum Gasteiger partial charge on any atom is -0.465 e. The highest BCUT2D eigenvalue weighted by Crippen LogP contribution is 2.22. The molecule has 0 spiro atoms. The predicted molar refractivity (Wildman–Crippen MR) is 75.2 cm³/mol. The van der Waals surface area contributed by atoms with Gasteiger partial charge in [-0.2, -0.15) is 0 Å². The molecule has 2 rings (SSSR count). The van der Waals surface area contributed by atoms with Crippen LogP contribution in [0.25, 0.3) is 11.4 Å². The van der Waals surface area contributed by atoms with E-state index in [0.29, 0.717) is 11.5 Å². The van der Waals surface area contributed by atoms with Crippen LogP contribution in [0.15, 0.2) is 12.1 Å². The SMILES string of the molecule is COC(=O)c1c(C)nc(-c2cc(C)nc(C)c2)nc1N. The van der Waals surface area contributed by atoms with E-state index in [1.165, 1.54) is 7.11 Å². The van der Waals surface area contributed by atoms with E-state index >= 15 is 0 Å². The molecule has 6 heteroatoms. The number of rotatable bonds is 2. The van der Waals surface area contributed by atoms with Crippen molar-refractivity contribution in [1.82, 2.24) is 15.0 Å². The molecule has 0 saturated carbocycles. The number of nitrogens with two attached hydrogens (primary N) is 1. The maximum Gasteiger partial charge on any atom is 0.343 e. The molecule has 2 heterocycles. The lowest BCUT2D eigenvalue weighted by Gasteiger charge is -2.09. The fraction of sp³-hybridized carbons (Fsp3) is 0.286. The van der Waals surface area contributed by atoms with Crippen LogP contribution in [0.2, 0.25) is 0 Å². The second-order valence-corrected chi connectivity index (χ2v) is 4.52. The van der Waals surface area contributed by atoms with Crippen LogP contribution in [-0.4, -0.2) is 28.0 Å². The summed E-state index contributed by atoms with van der Waals surface area (Å²) in [5.41, 5.74) is 9.11. The highest BCUT2D eigenvalue weighted by molar-refractivity contribution is 5.95. The van der Waals surface area contributed by atoms with Crippen LogP contribution in [0, 0.1) is 20.8 Å². The maximum atomic E-state index is 11.6. The van der Waals surface area contributed by atoms with E-state index in [2.05, 4.69) is 19.7 Å². The Bertz CT molecular complexity index is 640. The Morgan fingerprint density at radius 3 is 2.20 bits per heavy atom. The molecule has 2 aromatic rings. The molecule has 0 radical (unpaired) electrons. The molecule has 0 bridgehead atoms. The van der Waals surface area contributed by atoms with Crippen molar-refractivity contribution in [2.24, 2.45) is 0 Å². The number of aromatic nitrogens is 3. The first-order valence-electron chi connectivity index (χ1n) is 6.10. The summed E-state index contributed by atoms with van der Waals surface area (Å²) in [6, 6.07) is 3.75. The van der Waals surface area contributed by atoms with Crippen molar-refractivity contribution in [1.29, 1.82) is 0 Å². The molecule has 0 aliphatic carbocycles. The molecule has 0 aliphatic heterocycles. The van der Waals surface area contributed by atoms with Crippen molar-refractivity contribution in [3.63, 3.8) is 0 Å². The van der Waals surface area contributed by atoms with Gasteiger partial charge < -0.3 is 10.5 Å². The fourth-order valence-electron chi connectivity index (χ4n) is 2.04. The second-order valence-electron chi connectivity index (χ2n) is 4.52. The number of anilines is 1. The summed E-state index contributed by atoms with van der Waals surface area (Å²) in [4.78, 5) is 24.5. The number of hydrogen-bond donors (Lipinski definition) is 1. The third-order valence-electron chi connectivity index (χ3n) is 2.85. The lowest BCUT2D eigenvalue weighted by molar-refractivity contribution is 0.0600. The molecule has 20 heavy (non-hydrogen) atoms. The standard InChI is InChI=1S/C14H16N4O2/c1-7-5-10(6-8(2)16-7)13-17-9(3)11(12(15)18-13)14(19)20-4/h5-6H,1-4H3,(H2,15,17,18). The summed E-state index contributed by atoms with van der Waals surface area (Å²) in [6.07, 6.45) is 0. The van der Waals surface area contributed by atoms with Crippen molar-refractivity contribution in [2.75, 3.05) is 12.8 Å². The Kier molecular flexibility index (Phi) is 3.65. The molecule has 0 amide bonds. The summed E-state index contributed by atoms with van der Waals surface area (Å²) in [6.45, 7) is 5.50. The molecular formula is C14H16N4O2. The Morgan fingerprint density at radius 1 is 1.10 bits per heavy atom. The maximum absolute atomic E-state index is 11.6. The van der Waals surface area contributed by atoms with Crippen LogP contribution >= 0.6 is 0 Å². The van der Waals surface area contributed by atoms with E-state index in [4.69, 9.17) is 5.73 Å². The van der Waals surface area contributed by atoms with Gasteiger partial charge in [-0.3, -0.25) is 4.98 Å². The largest absolute Gasteiger partial charge is 0.465 e. The van der Waals surface area contributed by atoms with Crippen LogP contribution in [-0.2, 0) is 4.74 Å². The summed E-state index contributed by atoms with van der Waals surface area (Å²) in [5.74, 6) is 0.0568. The van der Waals surface area contributed by atoms with Crippen LogP contribution < -0.4 is 5.73 Å². The minimum atomic E-state index is -0.534. The summed E-state index contributed by atoms with van der Waals surface area (Å²) in [5, 5.41) is 0. The van der Waals surface area contributed by atoms with Gasteiger partial charge in [0.1, 0.15) is 11.4 Å². The number of nitrogens with zero attached hydrogens (tertiary/aromatic N) is 3. The summed E-state index contributed by atoms with van der Waals surface area (Å²) in [7, 11) is 1.30. The number of ether oxygens (including phenoxy) is 1. The van der Waals surface area contributed by atoms with Crippen molar-refractivity contribution in [2.45, 2.75) is 20.8 Å². The van der Waals surface area contributed by atoms with Crippen molar-refractivity contribution in [3.05, 3.63) is 34.8 Å². The summed E-state index contributed by atoms with van der Waals surface area (Å²) >= 11 is 0. The lowest BCUT2D eigenvalue weighted by Crippen LogP contribution is -2.12. The normalized spacial score (nSPS) is 10.4. The molecule has 0 unspecified atom stereocenters. The number of carbonyl (C=O) groups excluding carboxylic acids is 1. The third-order valence-corrected chi connectivity index (χ3v) is 2.85. The Morgan fingerprint density at radius 2 is 1.70 bits per heavy atom. The third kappa shape index (κ3) is 2.59. The van der Waals surface area contributed by atoms with Crippen molar-refractivity contribution < 1.29 is 9.53 Å². The van der Waals surface area contributed by atoms with Crippen molar-refractivity contribution >= 4 is 11.8 Å². The Labute approximate surface area is 117 Å². The number of nitrogen functional groups attached to an aromatic ring is 1. The van der Waals surface area contributed by atoms with Gasteiger partial charge in [-0.1, -0.05) is 0 Å². The lowest BCUT2D eigenvalue weighted by atomic mass is 10.1. The molecule has 0 fully saturated rings. The number of pyridine rings is 1. The highest BCUT2D eigenvalue weighted by Gasteiger charge is 2.18. The van der Waals surface area contributed by atoms with E-state index in [1.807, 2.05) is 26.0 Å². The average Bonchev–Trinajstić information content (AvgIpc) is 2.36. The zero-order valence-corrected chi connectivity index (χ0v) is 11.9. The van der Waals surface area contributed by atoms with Crippen LogP contribution in [0.3, 0.4) is 0 Å². The molecule has 2 N–H and O–H groups in total. The number of esters is 1. The quantitative estimate of drug-likeness (QED) is 0.839. The monoisotopic (exact) mass is 272 g/mol. The first-order chi connectivity index (χ1) is 9.42. The van der Waals surface area contributed by atoms with Gasteiger partial charge in [0.25, 0.3) is 0 Å². The molecule has 104 valence electrons. The van der Waals surface area contributed by atoms with Gasteiger partial charge in [0.15, 0.2) is 5.82 Å². The average molecular weight is 272 g/mol. The summed E-state index contributed by atoms with van der Waals surface area (Å²) < 4.78 is 4.67. The minimum absolute atomic E-state index is 0.117.